The van der Waals surface area contributed by atoms with Crippen molar-refractivity contribution in [2.45, 2.75) is 17.9 Å². The van der Waals surface area contributed by atoms with Crippen molar-refractivity contribution in [1.82, 2.24) is 14.1 Å². The second-order valence-electron chi connectivity index (χ2n) is 4.43. The summed E-state index contributed by atoms with van der Waals surface area (Å²) < 4.78 is 26.9. The first-order valence-electron chi connectivity index (χ1n) is 5.61. The smallest absolute Gasteiger partial charge is 0.318 e. The van der Waals surface area contributed by atoms with Gasteiger partial charge in [-0.1, -0.05) is 0 Å². The molecule has 0 spiro atoms. The fourth-order valence-corrected chi connectivity index (χ4v) is 3.30. The third-order valence-electron chi connectivity index (χ3n) is 2.85. The zero-order valence-corrected chi connectivity index (χ0v) is 10.8. The molecule has 8 heteroatoms. The molecular weight excluding hydrogens is 258 g/mol. The highest BCUT2D eigenvalue weighted by atomic mass is 32.2. The second kappa shape index (κ2) is 4.69. The molecule has 0 radical (unpaired) electrons. The molecule has 1 aromatic heterocycles. The van der Waals surface area contributed by atoms with E-state index in [-0.39, 0.29) is 17.5 Å². The van der Waals surface area contributed by atoms with Gasteiger partial charge in [0.1, 0.15) is 6.54 Å². The summed E-state index contributed by atoms with van der Waals surface area (Å²) in [5.41, 5.74) is 0. The topological polar surface area (TPSA) is 92.5 Å². The monoisotopic (exact) mass is 273 g/mol. The maximum atomic E-state index is 12.3. The second-order valence-corrected chi connectivity index (χ2v) is 6.31. The van der Waals surface area contributed by atoms with E-state index in [1.165, 1.54) is 24.0 Å². The summed E-state index contributed by atoms with van der Waals surface area (Å²) >= 11 is 0. The number of aliphatic carboxylic acids is 1. The predicted molar refractivity (Wildman–Crippen MR) is 62.3 cm³/mol. The highest BCUT2D eigenvalue weighted by molar-refractivity contribution is 7.89. The Bertz CT molecular complexity index is 547. The van der Waals surface area contributed by atoms with Gasteiger partial charge < -0.3 is 5.11 Å². The van der Waals surface area contributed by atoms with E-state index in [9.17, 15) is 13.2 Å². The van der Waals surface area contributed by atoms with Crippen LogP contribution in [0, 0.1) is 5.92 Å². The van der Waals surface area contributed by atoms with Crippen molar-refractivity contribution >= 4 is 16.0 Å². The summed E-state index contributed by atoms with van der Waals surface area (Å²) in [6.07, 6.45) is 3.29. The van der Waals surface area contributed by atoms with Gasteiger partial charge in [0.05, 0.1) is 6.20 Å². The van der Waals surface area contributed by atoms with E-state index >= 15 is 0 Å². The summed E-state index contributed by atoms with van der Waals surface area (Å²) in [5, 5.41) is 12.6. The Morgan fingerprint density at radius 1 is 1.61 bits per heavy atom. The van der Waals surface area contributed by atoms with Crippen LogP contribution in [0.15, 0.2) is 17.3 Å². The molecule has 1 N–H and O–H groups in total. The minimum Gasteiger partial charge on any atom is -0.480 e. The summed E-state index contributed by atoms with van der Waals surface area (Å²) in [4.78, 5) is 10.8. The standard InChI is InChI=1S/C10H15N3O4S/c1-12-9(4-5-11-12)18(16,17)13(7-10(14)15)6-8-2-3-8/h4-5,8H,2-3,6-7H2,1H3,(H,14,15). The average molecular weight is 273 g/mol. The predicted octanol–water partition coefficient (Wildman–Crippen LogP) is -0.0946. The molecule has 7 nitrogen and oxygen atoms in total. The fourth-order valence-electron chi connectivity index (χ4n) is 1.73. The maximum absolute atomic E-state index is 12.3. The summed E-state index contributed by atoms with van der Waals surface area (Å²) in [5.74, 6) is -0.867. The van der Waals surface area contributed by atoms with Crippen molar-refractivity contribution in [3.8, 4) is 0 Å². The molecule has 0 unspecified atom stereocenters. The number of rotatable bonds is 6. The lowest BCUT2D eigenvalue weighted by molar-refractivity contribution is -0.137. The SMILES string of the molecule is Cn1nccc1S(=O)(=O)N(CC(=O)O)CC1CC1. The molecule has 0 aromatic carbocycles. The van der Waals surface area contributed by atoms with Crippen LogP contribution in [-0.4, -0.2) is 46.7 Å². The molecule has 100 valence electrons. The van der Waals surface area contributed by atoms with Gasteiger partial charge in [-0.3, -0.25) is 9.48 Å². The highest BCUT2D eigenvalue weighted by Crippen LogP contribution is 2.31. The zero-order valence-electron chi connectivity index (χ0n) is 9.98. The Hall–Kier alpha value is -1.41. The van der Waals surface area contributed by atoms with E-state index in [0.29, 0.717) is 0 Å². The van der Waals surface area contributed by atoms with Crippen LogP contribution in [0.1, 0.15) is 12.8 Å². The highest BCUT2D eigenvalue weighted by Gasteiger charge is 2.34. The lowest BCUT2D eigenvalue weighted by Gasteiger charge is -2.19. The Balaban J connectivity index is 2.27. The van der Waals surface area contributed by atoms with Gasteiger partial charge in [-0.15, -0.1) is 0 Å². The molecule has 0 atom stereocenters. The van der Waals surface area contributed by atoms with Gasteiger partial charge in [0, 0.05) is 13.6 Å². The van der Waals surface area contributed by atoms with Crippen molar-refractivity contribution in [3.63, 3.8) is 0 Å². The van der Waals surface area contributed by atoms with Crippen LogP contribution in [0.4, 0.5) is 0 Å². The van der Waals surface area contributed by atoms with Crippen LogP contribution < -0.4 is 0 Å². The zero-order chi connectivity index (χ0) is 13.3. The van der Waals surface area contributed by atoms with Crippen molar-refractivity contribution < 1.29 is 18.3 Å². The average Bonchev–Trinajstić information content (AvgIpc) is 2.97. The molecular formula is C10H15N3O4S. The number of aryl methyl sites for hydroxylation is 1. The van der Waals surface area contributed by atoms with E-state index in [4.69, 9.17) is 5.11 Å². The number of sulfonamides is 1. The van der Waals surface area contributed by atoms with Crippen LogP contribution in [0.5, 0.6) is 0 Å². The molecule has 1 aromatic rings. The van der Waals surface area contributed by atoms with Gasteiger partial charge in [0.2, 0.25) is 0 Å². The van der Waals surface area contributed by atoms with Gasteiger partial charge in [-0.25, -0.2) is 8.42 Å². The normalized spacial score (nSPS) is 16.1. The Labute approximate surface area is 105 Å². The van der Waals surface area contributed by atoms with Crippen LogP contribution in [0.2, 0.25) is 0 Å². The molecule has 0 amide bonds. The molecule has 1 aliphatic carbocycles. The number of carboxylic acid groups (broad SMARTS) is 1. The van der Waals surface area contributed by atoms with Crippen LogP contribution >= 0.6 is 0 Å². The van der Waals surface area contributed by atoms with Crippen LogP contribution in [0.3, 0.4) is 0 Å². The lowest BCUT2D eigenvalue weighted by atomic mass is 10.4. The van der Waals surface area contributed by atoms with Crippen LogP contribution in [0.25, 0.3) is 0 Å². The van der Waals surface area contributed by atoms with E-state index in [0.717, 1.165) is 17.1 Å². The van der Waals surface area contributed by atoms with E-state index in [1.54, 1.807) is 0 Å². The number of aromatic nitrogens is 2. The first-order chi connectivity index (χ1) is 8.41. The largest absolute Gasteiger partial charge is 0.480 e. The number of carbonyl (C=O) groups is 1. The van der Waals surface area contributed by atoms with Crippen molar-refractivity contribution in [2.75, 3.05) is 13.1 Å². The minimum atomic E-state index is -3.79. The molecule has 0 bridgehead atoms. The molecule has 0 aliphatic heterocycles. The summed E-state index contributed by atoms with van der Waals surface area (Å²) in [7, 11) is -2.27. The molecule has 1 aliphatic rings. The van der Waals surface area contributed by atoms with Gasteiger partial charge in [-0.2, -0.15) is 9.40 Å². The van der Waals surface area contributed by atoms with Gasteiger partial charge >= 0.3 is 5.97 Å². The summed E-state index contributed by atoms with van der Waals surface area (Å²) in [6, 6.07) is 1.37. The number of hydrogen-bond donors (Lipinski definition) is 1. The Kier molecular flexibility index (Phi) is 3.40. The lowest BCUT2D eigenvalue weighted by Crippen LogP contribution is -2.38. The summed E-state index contributed by atoms with van der Waals surface area (Å²) in [6.45, 7) is -0.246. The molecule has 1 fully saturated rings. The minimum absolute atomic E-state index is 0.0180. The third-order valence-corrected chi connectivity index (χ3v) is 4.74. The van der Waals surface area contributed by atoms with E-state index < -0.39 is 22.5 Å². The van der Waals surface area contributed by atoms with Crippen LogP contribution in [-0.2, 0) is 21.9 Å². The van der Waals surface area contributed by atoms with Gasteiger partial charge in [-0.05, 0) is 24.8 Å². The Morgan fingerprint density at radius 3 is 2.72 bits per heavy atom. The molecule has 18 heavy (non-hydrogen) atoms. The number of nitrogens with zero attached hydrogens (tertiary/aromatic N) is 3. The van der Waals surface area contributed by atoms with E-state index in [2.05, 4.69) is 5.10 Å². The quantitative estimate of drug-likeness (QED) is 0.781. The maximum Gasteiger partial charge on any atom is 0.318 e. The van der Waals surface area contributed by atoms with Gasteiger partial charge in [0.25, 0.3) is 10.0 Å². The molecule has 1 heterocycles. The fraction of sp³-hybridized carbons (Fsp3) is 0.600. The van der Waals surface area contributed by atoms with Crippen molar-refractivity contribution in [2.24, 2.45) is 13.0 Å². The molecule has 2 rings (SSSR count). The number of hydrogen-bond acceptors (Lipinski definition) is 4. The Morgan fingerprint density at radius 2 is 2.28 bits per heavy atom. The first kappa shape index (κ1) is 13.0. The van der Waals surface area contributed by atoms with E-state index in [1.807, 2.05) is 0 Å². The number of carboxylic acids is 1. The van der Waals surface area contributed by atoms with Crippen molar-refractivity contribution in [3.05, 3.63) is 12.3 Å². The molecule has 1 saturated carbocycles. The van der Waals surface area contributed by atoms with Gasteiger partial charge in [0.15, 0.2) is 5.03 Å². The molecule has 0 saturated heterocycles. The first-order valence-corrected chi connectivity index (χ1v) is 7.05. The van der Waals surface area contributed by atoms with Crippen molar-refractivity contribution in [1.29, 1.82) is 0 Å². The third kappa shape index (κ3) is 2.70.